The van der Waals surface area contributed by atoms with Crippen molar-refractivity contribution in [2.45, 2.75) is 6.92 Å². The number of rotatable bonds is 3. The van der Waals surface area contributed by atoms with E-state index in [1.165, 1.54) is 12.1 Å². The molecule has 6 heteroatoms. The lowest BCUT2D eigenvalue weighted by Gasteiger charge is -2.08. The molecule has 0 unspecified atom stereocenters. The number of amides is 1. The second-order valence-corrected chi connectivity index (χ2v) is 5.08. The Morgan fingerprint density at radius 1 is 1.20 bits per heavy atom. The molecule has 2 N–H and O–H groups in total. The molecule has 1 aromatic heterocycles. The summed E-state index contributed by atoms with van der Waals surface area (Å²) >= 11 is 3.22. The average Bonchev–Trinajstić information content (AvgIpc) is 2.38. The smallest absolute Gasteiger partial charge is 0.336 e. The van der Waals surface area contributed by atoms with Gasteiger partial charge >= 0.3 is 5.97 Å². The number of aromatic carboxylic acids is 1. The fourth-order valence-electron chi connectivity index (χ4n) is 1.68. The van der Waals surface area contributed by atoms with E-state index in [1.54, 1.807) is 24.4 Å². The molecule has 0 saturated carbocycles. The van der Waals surface area contributed by atoms with Crippen molar-refractivity contribution in [3.05, 3.63) is 57.7 Å². The van der Waals surface area contributed by atoms with E-state index in [-0.39, 0.29) is 11.1 Å². The van der Waals surface area contributed by atoms with Crippen molar-refractivity contribution >= 4 is 33.6 Å². The van der Waals surface area contributed by atoms with Crippen LogP contribution < -0.4 is 5.32 Å². The Labute approximate surface area is 123 Å². The zero-order valence-corrected chi connectivity index (χ0v) is 12.1. The van der Waals surface area contributed by atoms with Crippen molar-refractivity contribution in [2.75, 3.05) is 5.32 Å². The normalized spacial score (nSPS) is 10.1. The van der Waals surface area contributed by atoms with Crippen LogP contribution in [0.1, 0.15) is 26.3 Å². The fourth-order valence-corrected chi connectivity index (χ4v) is 2.04. The lowest BCUT2D eigenvalue weighted by molar-refractivity contribution is 0.0692. The third-order valence-electron chi connectivity index (χ3n) is 2.61. The molecule has 0 fully saturated rings. The summed E-state index contributed by atoms with van der Waals surface area (Å²) in [6, 6.07) is 7.93. The van der Waals surface area contributed by atoms with Crippen molar-refractivity contribution in [3.8, 4) is 0 Å². The van der Waals surface area contributed by atoms with Gasteiger partial charge < -0.3 is 10.4 Å². The first-order chi connectivity index (χ1) is 9.47. The number of benzene rings is 1. The van der Waals surface area contributed by atoms with Crippen molar-refractivity contribution in [2.24, 2.45) is 0 Å². The highest BCUT2D eigenvalue weighted by Crippen LogP contribution is 2.18. The van der Waals surface area contributed by atoms with E-state index in [2.05, 4.69) is 26.2 Å². The lowest BCUT2D eigenvalue weighted by atomic mass is 10.1. The summed E-state index contributed by atoms with van der Waals surface area (Å²) in [6.45, 7) is 1.87. The van der Waals surface area contributed by atoms with E-state index in [1.807, 2.05) is 6.92 Å². The second kappa shape index (κ2) is 5.83. The summed E-state index contributed by atoms with van der Waals surface area (Å²) in [5, 5.41) is 11.7. The van der Waals surface area contributed by atoms with Crippen LogP contribution in [0.4, 0.5) is 5.82 Å². The van der Waals surface area contributed by atoms with Crippen LogP contribution in [0.3, 0.4) is 0 Å². The maximum atomic E-state index is 12.2. The Balaban J connectivity index is 2.34. The summed E-state index contributed by atoms with van der Waals surface area (Å²) in [4.78, 5) is 27.3. The molecule has 1 aromatic carbocycles. The van der Waals surface area contributed by atoms with Gasteiger partial charge in [-0.25, -0.2) is 9.78 Å². The predicted molar refractivity (Wildman–Crippen MR) is 78.0 cm³/mol. The fraction of sp³-hybridized carbons (Fsp3) is 0.0714. The third-order valence-corrected chi connectivity index (χ3v) is 3.11. The van der Waals surface area contributed by atoms with Gasteiger partial charge in [0.2, 0.25) is 0 Å². The van der Waals surface area contributed by atoms with Gasteiger partial charge in [-0.15, -0.1) is 0 Å². The maximum absolute atomic E-state index is 12.2. The molecule has 1 amide bonds. The SMILES string of the molecule is Cc1ccnc(NC(=O)c2cc(Br)ccc2C(=O)O)c1. The lowest BCUT2D eigenvalue weighted by Crippen LogP contribution is -2.17. The summed E-state index contributed by atoms with van der Waals surface area (Å²) < 4.78 is 0.629. The minimum absolute atomic E-state index is 0.0571. The Hall–Kier alpha value is -2.21. The minimum atomic E-state index is -1.15. The molecule has 2 aromatic rings. The number of anilines is 1. The minimum Gasteiger partial charge on any atom is -0.478 e. The van der Waals surface area contributed by atoms with E-state index in [0.29, 0.717) is 10.3 Å². The number of halogens is 1. The highest BCUT2D eigenvalue weighted by Gasteiger charge is 2.17. The van der Waals surface area contributed by atoms with Crippen molar-refractivity contribution in [3.63, 3.8) is 0 Å². The first-order valence-electron chi connectivity index (χ1n) is 5.74. The topological polar surface area (TPSA) is 79.3 Å². The van der Waals surface area contributed by atoms with Crippen LogP contribution >= 0.6 is 15.9 Å². The number of carbonyl (C=O) groups excluding carboxylic acids is 1. The van der Waals surface area contributed by atoms with Crippen molar-refractivity contribution < 1.29 is 14.7 Å². The van der Waals surface area contributed by atoms with Gasteiger partial charge in [-0.05, 0) is 42.8 Å². The molecule has 0 saturated heterocycles. The first kappa shape index (κ1) is 14.2. The number of carboxylic acid groups (broad SMARTS) is 1. The van der Waals surface area contributed by atoms with Crippen LogP contribution in [-0.2, 0) is 0 Å². The standard InChI is InChI=1S/C14H11BrN2O3/c1-8-4-5-16-12(6-8)17-13(18)11-7-9(15)2-3-10(11)14(19)20/h2-7H,1H3,(H,19,20)(H,16,17,18). The largest absolute Gasteiger partial charge is 0.478 e. The molecule has 0 aliphatic carbocycles. The molecular weight excluding hydrogens is 324 g/mol. The molecule has 0 atom stereocenters. The Morgan fingerprint density at radius 3 is 2.60 bits per heavy atom. The van der Waals surface area contributed by atoms with Crippen LogP contribution in [-0.4, -0.2) is 22.0 Å². The number of aromatic nitrogens is 1. The van der Waals surface area contributed by atoms with Gasteiger partial charge in [-0.3, -0.25) is 4.79 Å². The zero-order valence-electron chi connectivity index (χ0n) is 10.6. The van der Waals surface area contributed by atoms with E-state index in [9.17, 15) is 9.59 Å². The zero-order chi connectivity index (χ0) is 14.7. The number of aryl methyl sites for hydroxylation is 1. The van der Waals surface area contributed by atoms with Gasteiger partial charge in [-0.1, -0.05) is 15.9 Å². The van der Waals surface area contributed by atoms with E-state index < -0.39 is 11.9 Å². The van der Waals surface area contributed by atoms with Gasteiger partial charge in [0.1, 0.15) is 5.82 Å². The average molecular weight is 335 g/mol. The molecule has 20 heavy (non-hydrogen) atoms. The summed E-state index contributed by atoms with van der Waals surface area (Å²) in [5.74, 6) is -1.28. The number of carbonyl (C=O) groups is 2. The Morgan fingerprint density at radius 2 is 1.95 bits per heavy atom. The monoisotopic (exact) mass is 334 g/mol. The first-order valence-corrected chi connectivity index (χ1v) is 6.53. The number of nitrogens with one attached hydrogen (secondary N) is 1. The van der Waals surface area contributed by atoms with E-state index in [0.717, 1.165) is 5.56 Å². The van der Waals surface area contributed by atoms with Gasteiger partial charge in [-0.2, -0.15) is 0 Å². The van der Waals surface area contributed by atoms with Gasteiger partial charge in [0, 0.05) is 10.7 Å². The van der Waals surface area contributed by atoms with Crippen LogP contribution in [0.2, 0.25) is 0 Å². The van der Waals surface area contributed by atoms with Crippen LogP contribution in [0.25, 0.3) is 0 Å². The van der Waals surface area contributed by atoms with Crippen LogP contribution in [0.15, 0.2) is 41.0 Å². The Bertz CT molecular complexity index is 686. The molecule has 0 aliphatic rings. The van der Waals surface area contributed by atoms with Crippen LogP contribution in [0, 0.1) is 6.92 Å². The summed E-state index contributed by atoms with van der Waals surface area (Å²) in [7, 11) is 0. The quantitative estimate of drug-likeness (QED) is 0.903. The number of hydrogen-bond donors (Lipinski definition) is 2. The molecule has 0 bridgehead atoms. The highest BCUT2D eigenvalue weighted by atomic mass is 79.9. The van der Waals surface area contributed by atoms with Gasteiger partial charge in [0.15, 0.2) is 0 Å². The molecule has 1 heterocycles. The second-order valence-electron chi connectivity index (χ2n) is 4.17. The molecule has 0 spiro atoms. The third kappa shape index (κ3) is 3.21. The Kier molecular flexibility index (Phi) is 4.14. The van der Waals surface area contributed by atoms with E-state index >= 15 is 0 Å². The molecule has 2 rings (SSSR count). The summed E-state index contributed by atoms with van der Waals surface area (Å²) in [5.41, 5.74) is 0.969. The molecular formula is C14H11BrN2O3. The predicted octanol–water partition coefficient (Wildman–Crippen LogP) is 3.10. The number of pyridine rings is 1. The summed E-state index contributed by atoms with van der Waals surface area (Å²) in [6.07, 6.45) is 1.57. The molecule has 0 radical (unpaired) electrons. The maximum Gasteiger partial charge on any atom is 0.336 e. The highest BCUT2D eigenvalue weighted by molar-refractivity contribution is 9.10. The van der Waals surface area contributed by atoms with E-state index in [4.69, 9.17) is 5.11 Å². The van der Waals surface area contributed by atoms with Crippen LogP contribution in [0.5, 0.6) is 0 Å². The molecule has 0 aliphatic heterocycles. The van der Waals surface area contributed by atoms with Gasteiger partial charge in [0.25, 0.3) is 5.91 Å². The molecule has 5 nitrogen and oxygen atoms in total. The van der Waals surface area contributed by atoms with Gasteiger partial charge in [0.05, 0.1) is 11.1 Å². The van der Waals surface area contributed by atoms with Crippen molar-refractivity contribution in [1.29, 1.82) is 0 Å². The molecule has 102 valence electrons. The van der Waals surface area contributed by atoms with Crippen molar-refractivity contribution in [1.82, 2.24) is 4.98 Å². The number of hydrogen-bond acceptors (Lipinski definition) is 3. The number of nitrogens with zero attached hydrogens (tertiary/aromatic N) is 1. The number of carboxylic acids is 1.